The molecule has 0 bridgehead atoms. The molecule has 1 fully saturated rings. The molecule has 164 valence electrons. The van der Waals surface area contributed by atoms with Crippen LogP contribution in [-0.2, 0) is 12.6 Å². The van der Waals surface area contributed by atoms with Crippen LogP contribution >= 0.6 is 0 Å². The molecule has 0 spiro atoms. The van der Waals surface area contributed by atoms with Crippen LogP contribution in [0, 0.1) is 5.92 Å². The number of aryl methyl sites for hydroxylation is 1. The molecule has 1 aliphatic heterocycles. The van der Waals surface area contributed by atoms with Gasteiger partial charge in [-0.1, -0.05) is 49.6 Å². The third-order valence-electron chi connectivity index (χ3n) is 6.40. The van der Waals surface area contributed by atoms with Gasteiger partial charge in [0.2, 0.25) is 0 Å². The molecule has 1 aliphatic rings. The predicted molar refractivity (Wildman–Crippen MR) is 119 cm³/mol. The number of pyridine rings is 1. The second-order valence-corrected chi connectivity index (χ2v) is 8.65. The SMILES string of the molecule is FC(F)(F)c1ccc(CCCCCC2CCNC(c3ccc4cccnc4c3)C2)cc1. The Kier molecular flexibility index (Phi) is 6.91. The molecule has 4 rings (SSSR count). The van der Waals surface area contributed by atoms with E-state index < -0.39 is 11.7 Å². The number of nitrogens with one attached hydrogen (secondary N) is 1. The third-order valence-corrected chi connectivity index (χ3v) is 6.40. The minimum absolute atomic E-state index is 0.386. The van der Waals surface area contributed by atoms with Crippen LogP contribution in [0.3, 0.4) is 0 Å². The molecule has 0 saturated carbocycles. The molecular weight excluding hydrogens is 397 g/mol. The van der Waals surface area contributed by atoms with E-state index in [9.17, 15) is 13.2 Å². The van der Waals surface area contributed by atoms with E-state index in [0.717, 1.165) is 49.2 Å². The van der Waals surface area contributed by atoms with Crippen LogP contribution < -0.4 is 5.32 Å². The quantitative estimate of drug-likeness (QED) is 0.408. The van der Waals surface area contributed by atoms with E-state index in [0.29, 0.717) is 6.04 Å². The summed E-state index contributed by atoms with van der Waals surface area (Å²) in [6, 6.07) is 16.6. The first kappa shape index (κ1) is 21.8. The summed E-state index contributed by atoms with van der Waals surface area (Å²) in [5.74, 6) is 0.719. The van der Waals surface area contributed by atoms with Gasteiger partial charge in [0.25, 0.3) is 0 Å². The molecule has 31 heavy (non-hydrogen) atoms. The number of alkyl halides is 3. The topological polar surface area (TPSA) is 24.9 Å². The monoisotopic (exact) mass is 426 g/mol. The number of piperidine rings is 1. The van der Waals surface area contributed by atoms with Gasteiger partial charge in [0, 0.05) is 17.6 Å². The standard InChI is InChI=1S/C26H29F3N2/c27-26(28,29)23-12-8-19(9-13-23)5-2-1-3-6-20-14-16-31-24(17-20)22-11-10-21-7-4-15-30-25(21)18-22/h4,7-13,15,18,20,24,31H,1-3,5-6,14,16-17H2. The Morgan fingerprint density at radius 1 is 0.968 bits per heavy atom. The van der Waals surface area contributed by atoms with Gasteiger partial charge in [-0.25, -0.2) is 0 Å². The fourth-order valence-electron chi connectivity index (χ4n) is 4.61. The molecule has 2 aromatic carbocycles. The summed E-state index contributed by atoms with van der Waals surface area (Å²) in [5, 5.41) is 4.83. The van der Waals surface area contributed by atoms with E-state index in [1.165, 1.54) is 42.3 Å². The average molecular weight is 427 g/mol. The van der Waals surface area contributed by atoms with Crippen molar-refractivity contribution in [3.05, 3.63) is 77.5 Å². The number of hydrogen-bond donors (Lipinski definition) is 1. The molecule has 2 nitrogen and oxygen atoms in total. The molecule has 2 unspecified atom stereocenters. The van der Waals surface area contributed by atoms with Gasteiger partial charge in [-0.2, -0.15) is 13.2 Å². The fourth-order valence-corrected chi connectivity index (χ4v) is 4.61. The van der Waals surface area contributed by atoms with Gasteiger partial charge in [-0.3, -0.25) is 4.98 Å². The molecule has 2 heterocycles. The summed E-state index contributed by atoms with van der Waals surface area (Å²) >= 11 is 0. The highest BCUT2D eigenvalue weighted by Gasteiger charge is 2.29. The largest absolute Gasteiger partial charge is 0.416 e. The number of benzene rings is 2. The van der Waals surface area contributed by atoms with Gasteiger partial charge < -0.3 is 5.32 Å². The molecule has 1 saturated heterocycles. The maximum absolute atomic E-state index is 12.6. The van der Waals surface area contributed by atoms with Crippen molar-refractivity contribution in [2.24, 2.45) is 5.92 Å². The van der Waals surface area contributed by atoms with Crippen molar-refractivity contribution in [3.8, 4) is 0 Å². The molecule has 3 aromatic rings. The van der Waals surface area contributed by atoms with E-state index in [2.05, 4.69) is 34.6 Å². The first-order valence-corrected chi connectivity index (χ1v) is 11.2. The smallest absolute Gasteiger partial charge is 0.310 e. The lowest BCUT2D eigenvalue weighted by molar-refractivity contribution is -0.137. The van der Waals surface area contributed by atoms with Gasteiger partial charge in [0.15, 0.2) is 0 Å². The fraction of sp³-hybridized carbons (Fsp3) is 0.423. The van der Waals surface area contributed by atoms with E-state index >= 15 is 0 Å². The normalized spacial score (nSPS) is 19.6. The second kappa shape index (κ2) is 9.82. The molecular formula is C26H29F3N2. The Morgan fingerprint density at radius 2 is 1.81 bits per heavy atom. The van der Waals surface area contributed by atoms with Crippen LogP contribution in [0.2, 0.25) is 0 Å². The van der Waals surface area contributed by atoms with Crippen LogP contribution in [0.5, 0.6) is 0 Å². The van der Waals surface area contributed by atoms with E-state index in [1.54, 1.807) is 12.1 Å². The molecule has 1 aromatic heterocycles. The van der Waals surface area contributed by atoms with Crippen LogP contribution in [0.1, 0.15) is 61.3 Å². The molecule has 0 aliphatic carbocycles. The Labute approximate surface area is 181 Å². The summed E-state index contributed by atoms with van der Waals surface area (Å²) in [4.78, 5) is 4.48. The van der Waals surface area contributed by atoms with Crippen molar-refractivity contribution >= 4 is 10.9 Å². The van der Waals surface area contributed by atoms with E-state index in [-0.39, 0.29) is 0 Å². The molecule has 1 N–H and O–H groups in total. The van der Waals surface area contributed by atoms with Crippen LogP contribution in [0.4, 0.5) is 13.2 Å². The highest BCUT2D eigenvalue weighted by Crippen LogP contribution is 2.32. The predicted octanol–water partition coefficient (Wildman–Crippen LogP) is 7.10. The van der Waals surface area contributed by atoms with Crippen LogP contribution in [0.15, 0.2) is 60.8 Å². The van der Waals surface area contributed by atoms with E-state index in [4.69, 9.17) is 0 Å². The molecule has 5 heteroatoms. The number of fused-ring (bicyclic) bond motifs is 1. The summed E-state index contributed by atoms with van der Waals surface area (Å²) in [7, 11) is 0. The molecule has 2 atom stereocenters. The number of rotatable bonds is 7. The maximum atomic E-state index is 12.6. The molecule has 0 amide bonds. The first-order valence-electron chi connectivity index (χ1n) is 11.2. The van der Waals surface area contributed by atoms with E-state index in [1.807, 2.05) is 12.3 Å². The van der Waals surface area contributed by atoms with Gasteiger partial charge in [0.05, 0.1) is 11.1 Å². The molecule has 0 radical (unpaired) electrons. The van der Waals surface area contributed by atoms with Crippen LogP contribution in [0.25, 0.3) is 10.9 Å². The number of aromatic nitrogens is 1. The van der Waals surface area contributed by atoms with Crippen molar-refractivity contribution in [3.63, 3.8) is 0 Å². The summed E-state index contributed by atoms with van der Waals surface area (Å²) in [5.41, 5.74) is 2.78. The summed E-state index contributed by atoms with van der Waals surface area (Å²) in [6.07, 6.45) is 5.33. The van der Waals surface area contributed by atoms with Gasteiger partial charge in [-0.15, -0.1) is 0 Å². The Bertz CT molecular complexity index is 982. The highest BCUT2D eigenvalue weighted by atomic mass is 19.4. The third kappa shape index (κ3) is 5.85. The minimum atomic E-state index is -4.26. The lowest BCUT2D eigenvalue weighted by Crippen LogP contribution is -2.31. The number of halogens is 3. The Morgan fingerprint density at radius 3 is 2.61 bits per heavy atom. The van der Waals surface area contributed by atoms with Gasteiger partial charge >= 0.3 is 6.18 Å². The Balaban J connectivity index is 1.21. The zero-order chi connectivity index (χ0) is 21.7. The number of nitrogens with zero attached hydrogens (tertiary/aromatic N) is 1. The number of unbranched alkanes of at least 4 members (excludes halogenated alkanes) is 2. The zero-order valence-electron chi connectivity index (χ0n) is 17.7. The Hall–Kier alpha value is -2.40. The average Bonchev–Trinajstić information content (AvgIpc) is 2.78. The zero-order valence-corrected chi connectivity index (χ0v) is 17.7. The van der Waals surface area contributed by atoms with Gasteiger partial charge in [-0.05, 0) is 73.5 Å². The van der Waals surface area contributed by atoms with Gasteiger partial charge in [0.1, 0.15) is 0 Å². The first-order chi connectivity index (χ1) is 15.0. The summed E-state index contributed by atoms with van der Waals surface area (Å²) in [6.45, 7) is 1.04. The maximum Gasteiger partial charge on any atom is 0.416 e. The van der Waals surface area contributed by atoms with Crippen LogP contribution in [-0.4, -0.2) is 11.5 Å². The lowest BCUT2D eigenvalue weighted by Gasteiger charge is -2.31. The number of hydrogen-bond acceptors (Lipinski definition) is 2. The van der Waals surface area contributed by atoms with Crippen molar-refractivity contribution in [2.45, 2.75) is 57.2 Å². The van der Waals surface area contributed by atoms with Crippen molar-refractivity contribution in [1.82, 2.24) is 10.3 Å². The lowest BCUT2D eigenvalue weighted by atomic mass is 9.85. The summed E-state index contributed by atoms with van der Waals surface area (Å²) < 4.78 is 37.9. The minimum Gasteiger partial charge on any atom is -0.310 e. The highest BCUT2D eigenvalue weighted by molar-refractivity contribution is 5.79. The second-order valence-electron chi connectivity index (χ2n) is 8.65. The van der Waals surface area contributed by atoms with Crippen molar-refractivity contribution in [2.75, 3.05) is 6.54 Å². The van der Waals surface area contributed by atoms with Crippen molar-refractivity contribution in [1.29, 1.82) is 0 Å². The van der Waals surface area contributed by atoms with Crippen molar-refractivity contribution < 1.29 is 13.2 Å².